The molecule has 0 fully saturated rings. The van der Waals surface area contributed by atoms with Crippen molar-refractivity contribution in [1.82, 2.24) is 0 Å². The molecule has 11 nitrogen and oxygen atoms in total. The first-order valence-corrected chi connectivity index (χ1v) is 12.1. The molecule has 41 heavy (non-hydrogen) atoms. The number of phenols is 6. The first-order valence-electron chi connectivity index (χ1n) is 12.1. The highest BCUT2D eigenvalue weighted by Crippen LogP contribution is 2.52. The Bertz CT molecular complexity index is 1940. The number of hydrogen-bond donors (Lipinski definition) is 7. The van der Waals surface area contributed by atoms with E-state index in [9.17, 15) is 45.3 Å². The van der Waals surface area contributed by atoms with Crippen LogP contribution in [0.15, 0.2) is 75.9 Å². The fourth-order valence-electron chi connectivity index (χ4n) is 4.92. The molecule has 0 saturated carbocycles. The zero-order valence-electron chi connectivity index (χ0n) is 20.8. The summed E-state index contributed by atoms with van der Waals surface area (Å²) in [4.78, 5) is 26.0. The van der Waals surface area contributed by atoms with Gasteiger partial charge >= 0.3 is 0 Å². The number of hydrogen-bond acceptors (Lipinski definition) is 11. The standard InChI is InChI=1S/C30H20O11/c31-14-4-1-12(2-5-14)29-28(39)27(38)26-20(36)10-19(35)24(30(26)41-29)16-7-13(3-6-17(16)33)22-11-21(37)25-18(34)8-15(32)9-23(25)40-22/h1-11,28-29,31-36,39H. The van der Waals surface area contributed by atoms with E-state index in [0.29, 0.717) is 5.56 Å². The number of fused-ring (bicyclic) bond motifs is 2. The van der Waals surface area contributed by atoms with Crippen LogP contribution in [0.5, 0.6) is 40.2 Å². The summed E-state index contributed by atoms with van der Waals surface area (Å²) in [7, 11) is 0. The van der Waals surface area contributed by atoms with E-state index in [1.165, 1.54) is 42.5 Å². The van der Waals surface area contributed by atoms with Gasteiger partial charge in [-0.05, 0) is 35.9 Å². The smallest absolute Gasteiger partial charge is 0.202 e. The number of Topliss-reactive ketones (excluding diaryl/α,β-unsaturated/α-hetero) is 1. The third-order valence-corrected chi connectivity index (χ3v) is 6.85. The van der Waals surface area contributed by atoms with Gasteiger partial charge in [0.1, 0.15) is 62.5 Å². The number of phenolic OH excluding ortho intramolecular Hbond substituents is 6. The van der Waals surface area contributed by atoms with Crippen molar-refractivity contribution in [2.45, 2.75) is 12.2 Å². The van der Waals surface area contributed by atoms with Gasteiger partial charge in [0, 0.05) is 35.4 Å². The summed E-state index contributed by atoms with van der Waals surface area (Å²) >= 11 is 0. The second-order valence-electron chi connectivity index (χ2n) is 9.48. The molecule has 206 valence electrons. The summed E-state index contributed by atoms with van der Waals surface area (Å²) in [6.45, 7) is 0. The minimum Gasteiger partial charge on any atom is -0.508 e. The topological polar surface area (TPSA) is 198 Å². The molecule has 2 unspecified atom stereocenters. The molecule has 0 radical (unpaired) electrons. The highest BCUT2D eigenvalue weighted by Gasteiger charge is 2.41. The number of carbonyl (C=O) groups is 1. The van der Waals surface area contributed by atoms with E-state index >= 15 is 0 Å². The maximum Gasteiger partial charge on any atom is 0.202 e. The van der Waals surface area contributed by atoms with Gasteiger partial charge in [0.2, 0.25) is 5.78 Å². The molecule has 0 saturated heterocycles. The van der Waals surface area contributed by atoms with Crippen molar-refractivity contribution >= 4 is 16.8 Å². The normalized spacial score (nSPS) is 16.4. The predicted octanol–water partition coefficient (Wildman–Crippen LogP) is 4.04. The van der Waals surface area contributed by atoms with Crippen LogP contribution >= 0.6 is 0 Å². The summed E-state index contributed by atoms with van der Waals surface area (Å²) in [5, 5.41) is 72.3. The third-order valence-electron chi connectivity index (χ3n) is 6.85. The van der Waals surface area contributed by atoms with Crippen molar-refractivity contribution in [3.05, 3.63) is 88.1 Å². The molecule has 7 N–H and O–H groups in total. The zero-order valence-corrected chi connectivity index (χ0v) is 20.8. The monoisotopic (exact) mass is 556 g/mol. The summed E-state index contributed by atoms with van der Waals surface area (Å²) in [5.74, 6) is -3.73. The molecule has 0 aliphatic carbocycles. The Balaban J connectivity index is 1.54. The molecule has 1 aliphatic rings. The first kappa shape index (κ1) is 25.6. The molecule has 0 spiro atoms. The molecule has 1 aromatic heterocycles. The van der Waals surface area contributed by atoms with Crippen LogP contribution in [0.4, 0.5) is 0 Å². The Hall–Kier alpha value is -5.68. The van der Waals surface area contributed by atoms with E-state index in [-0.39, 0.29) is 56.4 Å². The van der Waals surface area contributed by atoms with Crippen molar-refractivity contribution in [1.29, 1.82) is 0 Å². The number of ketones is 1. The van der Waals surface area contributed by atoms with Crippen LogP contribution in [0.1, 0.15) is 22.0 Å². The molecule has 6 rings (SSSR count). The van der Waals surface area contributed by atoms with Gasteiger partial charge in [-0.2, -0.15) is 0 Å². The second kappa shape index (κ2) is 9.21. The Labute approximate surface area is 229 Å². The fourth-order valence-corrected chi connectivity index (χ4v) is 4.92. The van der Waals surface area contributed by atoms with Gasteiger partial charge in [-0.3, -0.25) is 9.59 Å². The van der Waals surface area contributed by atoms with Crippen LogP contribution < -0.4 is 10.2 Å². The van der Waals surface area contributed by atoms with E-state index in [4.69, 9.17) is 9.15 Å². The minimum atomic E-state index is -1.74. The van der Waals surface area contributed by atoms with Crippen molar-refractivity contribution < 1.29 is 49.7 Å². The number of benzene rings is 4. The van der Waals surface area contributed by atoms with Gasteiger partial charge < -0.3 is 44.9 Å². The highest BCUT2D eigenvalue weighted by atomic mass is 16.5. The SMILES string of the molecule is O=C1c2c(O)cc(O)c(-c3cc(-c4cc(=O)c5c(O)cc(O)cc5o4)ccc3O)c2OC(c2ccc(O)cc2)C1O. The Morgan fingerprint density at radius 1 is 0.659 bits per heavy atom. The van der Waals surface area contributed by atoms with Gasteiger partial charge in [0.05, 0.1) is 5.56 Å². The van der Waals surface area contributed by atoms with Crippen molar-refractivity contribution in [3.8, 4) is 62.7 Å². The number of aliphatic hydroxyl groups excluding tert-OH is 1. The lowest BCUT2D eigenvalue weighted by atomic mass is 9.88. The van der Waals surface area contributed by atoms with E-state index < -0.39 is 46.2 Å². The van der Waals surface area contributed by atoms with Crippen LogP contribution in [-0.4, -0.2) is 47.6 Å². The van der Waals surface area contributed by atoms with Gasteiger partial charge in [0.25, 0.3) is 0 Å². The maximum absolute atomic E-state index is 13.2. The Kier molecular flexibility index (Phi) is 5.75. The van der Waals surface area contributed by atoms with Crippen LogP contribution in [-0.2, 0) is 0 Å². The number of carbonyl (C=O) groups excluding carboxylic acids is 1. The van der Waals surface area contributed by atoms with E-state index in [1.807, 2.05) is 0 Å². The molecule has 2 heterocycles. The summed E-state index contributed by atoms with van der Waals surface area (Å²) in [6, 6.07) is 13.6. The van der Waals surface area contributed by atoms with Gasteiger partial charge in [-0.15, -0.1) is 0 Å². The quantitative estimate of drug-likeness (QED) is 0.169. The number of ether oxygens (including phenoxy) is 1. The lowest BCUT2D eigenvalue weighted by molar-refractivity contribution is 0.0213. The number of aromatic hydroxyl groups is 6. The average Bonchev–Trinajstić information content (AvgIpc) is 2.91. The minimum absolute atomic E-state index is 0.0183. The lowest BCUT2D eigenvalue weighted by Crippen LogP contribution is -2.36. The van der Waals surface area contributed by atoms with Gasteiger partial charge in [-0.25, -0.2) is 0 Å². The Morgan fingerprint density at radius 3 is 2.10 bits per heavy atom. The van der Waals surface area contributed by atoms with Gasteiger partial charge in [-0.1, -0.05) is 12.1 Å². The van der Waals surface area contributed by atoms with Crippen molar-refractivity contribution in [3.63, 3.8) is 0 Å². The van der Waals surface area contributed by atoms with Crippen LogP contribution in [0.2, 0.25) is 0 Å². The van der Waals surface area contributed by atoms with Gasteiger partial charge in [0.15, 0.2) is 17.6 Å². The Morgan fingerprint density at radius 2 is 1.37 bits per heavy atom. The highest BCUT2D eigenvalue weighted by molar-refractivity contribution is 6.08. The molecule has 2 atom stereocenters. The van der Waals surface area contributed by atoms with Crippen molar-refractivity contribution in [2.75, 3.05) is 0 Å². The van der Waals surface area contributed by atoms with E-state index in [2.05, 4.69) is 0 Å². The summed E-state index contributed by atoms with van der Waals surface area (Å²) < 4.78 is 11.7. The second-order valence-corrected chi connectivity index (χ2v) is 9.48. The molecule has 4 aromatic carbocycles. The lowest BCUT2D eigenvalue weighted by Gasteiger charge is -2.32. The molecule has 0 amide bonds. The van der Waals surface area contributed by atoms with Crippen molar-refractivity contribution in [2.24, 2.45) is 0 Å². The zero-order chi connectivity index (χ0) is 29.2. The van der Waals surface area contributed by atoms with E-state index in [1.54, 1.807) is 0 Å². The number of aliphatic hydroxyl groups is 1. The summed E-state index contributed by atoms with van der Waals surface area (Å²) in [6.07, 6.45) is -3.03. The van der Waals surface area contributed by atoms with Crippen LogP contribution in [0.25, 0.3) is 33.4 Å². The molecule has 0 bridgehead atoms. The molecule has 1 aliphatic heterocycles. The molecule has 5 aromatic rings. The van der Waals surface area contributed by atoms with Crippen LogP contribution in [0.3, 0.4) is 0 Å². The predicted molar refractivity (Wildman–Crippen MR) is 143 cm³/mol. The third kappa shape index (κ3) is 4.12. The summed E-state index contributed by atoms with van der Waals surface area (Å²) in [5.41, 5.74) is -0.884. The average molecular weight is 556 g/mol. The maximum atomic E-state index is 13.2. The van der Waals surface area contributed by atoms with E-state index in [0.717, 1.165) is 24.3 Å². The number of rotatable bonds is 3. The van der Waals surface area contributed by atoms with Crippen LogP contribution in [0, 0.1) is 0 Å². The largest absolute Gasteiger partial charge is 0.508 e. The first-order chi connectivity index (χ1) is 19.5. The fraction of sp³-hybridized carbons (Fsp3) is 0.0667. The molecular weight excluding hydrogens is 536 g/mol. The molecular formula is C30H20O11. The molecule has 11 heteroatoms.